The zero-order valence-electron chi connectivity index (χ0n) is 10.3. The normalized spacial score (nSPS) is 10.8. The molecule has 0 N–H and O–H groups in total. The Hall–Kier alpha value is -1.76. The summed E-state index contributed by atoms with van der Waals surface area (Å²) in [4.78, 5) is 26.8. The van der Waals surface area contributed by atoms with Gasteiger partial charge < -0.3 is 0 Å². The molecule has 19 heavy (non-hydrogen) atoms. The van der Waals surface area contributed by atoms with E-state index in [-0.39, 0.29) is 4.47 Å². The average molecular weight is 326 g/mol. The predicted molar refractivity (Wildman–Crippen MR) is 75.3 cm³/mol. The molecule has 2 heterocycles. The van der Waals surface area contributed by atoms with Gasteiger partial charge in [0.05, 0.1) is 4.92 Å². The number of rotatable bonds is 4. The second kappa shape index (κ2) is 5.48. The number of fused-ring (bicyclic) bond motifs is 1. The molecule has 0 saturated carbocycles. The van der Waals surface area contributed by atoms with Gasteiger partial charge >= 0.3 is 11.2 Å². The van der Waals surface area contributed by atoms with E-state index in [1.807, 2.05) is 6.92 Å². The van der Waals surface area contributed by atoms with Gasteiger partial charge in [0.1, 0.15) is 10.1 Å². The molecule has 2 aromatic heterocycles. The van der Waals surface area contributed by atoms with Crippen LogP contribution in [-0.2, 0) is 6.54 Å². The summed E-state index contributed by atoms with van der Waals surface area (Å²) in [5, 5.41) is 11.6. The second-order valence-electron chi connectivity index (χ2n) is 4.10. The first-order valence-corrected chi connectivity index (χ1v) is 6.68. The number of nitrogens with zero attached hydrogens (tertiary/aromatic N) is 3. The van der Waals surface area contributed by atoms with Crippen LogP contribution in [-0.4, -0.2) is 14.5 Å². The quantitative estimate of drug-likeness (QED) is 0.639. The van der Waals surface area contributed by atoms with E-state index in [0.717, 1.165) is 12.8 Å². The van der Waals surface area contributed by atoms with Gasteiger partial charge in [-0.15, -0.1) is 0 Å². The van der Waals surface area contributed by atoms with Crippen molar-refractivity contribution in [2.45, 2.75) is 26.3 Å². The van der Waals surface area contributed by atoms with Crippen LogP contribution in [0.2, 0.25) is 0 Å². The summed E-state index contributed by atoms with van der Waals surface area (Å²) in [6, 6.07) is 3.40. The van der Waals surface area contributed by atoms with Crippen molar-refractivity contribution < 1.29 is 4.92 Å². The van der Waals surface area contributed by atoms with Crippen LogP contribution >= 0.6 is 15.9 Å². The van der Waals surface area contributed by atoms with E-state index in [9.17, 15) is 14.9 Å². The van der Waals surface area contributed by atoms with Gasteiger partial charge in [0.15, 0.2) is 0 Å². The molecule has 0 aromatic carbocycles. The van der Waals surface area contributed by atoms with Gasteiger partial charge in [0.25, 0.3) is 0 Å². The molecular weight excluding hydrogens is 314 g/mol. The van der Waals surface area contributed by atoms with Crippen molar-refractivity contribution in [1.29, 1.82) is 0 Å². The van der Waals surface area contributed by atoms with Crippen molar-refractivity contribution in [3.05, 3.63) is 43.3 Å². The minimum absolute atomic E-state index is 0.193. The monoisotopic (exact) mass is 325 g/mol. The van der Waals surface area contributed by atoms with E-state index < -0.39 is 16.2 Å². The molecular formula is C12H12BrN3O3. The molecule has 0 aliphatic heterocycles. The molecule has 0 amide bonds. The fourth-order valence-corrected chi connectivity index (χ4v) is 2.53. The van der Waals surface area contributed by atoms with Crippen LogP contribution in [0.1, 0.15) is 19.8 Å². The Morgan fingerprint density at radius 3 is 2.89 bits per heavy atom. The topological polar surface area (TPSA) is 78.0 Å². The Bertz CT molecular complexity index is 696. The average Bonchev–Trinajstić information content (AvgIpc) is 2.38. The van der Waals surface area contributed by atoms with Crippen molar-refractivity contribution in [3.63, 3.8) is 0 Å². The van der Waals surface area contributed by atoms with Gasteiger partial charge in [0, 0.05) is 18.1 Å². The predicted octanol–water partition coefficient (Wildman–Crippen LogP) is 2.87. The van der Waals surface area contributed by atoms with Gasteiger partial charge in [-0.05, 0) is 34.5 Å². The van der Waals surface area contributed by atoms with Crippen LogP contribution < -0.4 is 5.56 Å². The lowest BCUT2D eigenvalue weighted by Crippen LogP contribution is -2.24. The minimum atomic E-state index is -0.651. The summed E-state index contributed by atoms with van der Waals surface area (Å²) in [7, 11) is 0. The largest absolute Gasteiger partial charge is 0.348 e. The molecule has 0 fully saturated rings. The maximum absolute atomic E-state index is 12.2. The Morgan fingerprint density at radius 1 is 1.53 bits per heavy atom. The second-order valence-corrected chi connectivity index (χ2v) is 4.90. The number of unbranched alkanes of at least 4 members (excludes halogenated alkanes) is 1. The number of halogens is 1. The third-order valence-corrected chi connectivity index (χ3v) is 3.66. The molecule has 100 valence electrons. The molecule has 0 aliphatic rings. The highest BCUT2D eigenvalue weighted by atomic mass is 79.9. The van der Waals surface area contributed by atoms with E-state index >= 15 is 0 Å². The Labute approximate surface area is 117 Å². The highest BCUT2D eigenvalue weighted by Crippen LogP contribution is 2.28. The molecule has 0 bridgehead atoms. The number of aryl methyl sites for hydroxylation is 1. The molecule has 0 atom stereocenters. The van der Waals surface area contributed by atoms with Crippen molar-refractivity contribution in [2.24, 2.45) is 0 Å². The summed E-state index contributed by atoms with van der Waals surface area (Å²) in [5.74, 6) is 0. The van der Waals surface area contributed by atoms with Crippen molar-refractivity contribution in [1.82, 2.24) is 9.55 Å². The minimum Gasteiger partial charge on any atom is -0.287 e. The summed E-state index contributed by atoms with van der Waals surface area (Å²) in [6.45, 7) is 2.42. The van der Waals surface area contributed by atoms with Gasteiger partial charge in [0.2, 0.25) is 0 Å². The number of hydrogen-bond donors (Lipinski definition) is 0. The van der Waals surface area contributed by atoms with E-state index in [0.29, 0.717) is 17.6 Å². The summed E-state index contributed by atoms with van der Waals surface area (Å²) < 4.78 is 1.57. The zero-order chi connectivity index (χ0) is 14.0. The number of aromatic nitrogens is 2. The third kappa shape index (κ3) is 2.37. The Balaban J connectivity index is 2.84. The first-order valence-electron chi connectivity index (χ1n) is 5.89. The van der Waals surface area contributed by atoms with Gasteiger partial charge in [-0.3, -0.25) is 19.5 Å². The van der Waals surface area contributed by atoms with Crippen LogP contribution in [0.4, 0.5) is 5.69 Å². The van der Waals surface area contributed by atoms with Crippen LogP contribution in [0, 0.1) is 10.1 Å². The molecule has 7 heteroatoms. The molecule has 0 aliphatic carbocycles. The molecule has 0 spiro atoms. The molecule has 2 aromatic rings. The lowest BCUT2D eigenvalue weighted by molar-refractivity contribution is -0.387. The van der Waals surface area contributed by atoms with E-state index in [1.54, 1.807) is 18.3 Å². The van der Waals surface area contributed by atoms with E-state index in [2.05, 4.69) is 20.9 Å². The van der Waals surface area contributed by atoms with E-state index in [1.165, 1.54) is 4.57 Å². The van der Waals surface area contributed by atoms with Gasteiger partial charge in [-0.25, -0.2) is 4.98 Å². The van der Waals surface area contributed by atoms with Crippen molar-refractivity contribution >= 4 is 32.7 Å². The lowest BCUT2D eigenvalue weighted by atomic mass is 10.2. The van der Waals surface area contributed by atoms with E-state index in [4.69, 9.17) is 0 Å². The van der Waals surface area contributed by atoms with Crippen LogP contribution in [0.3, 0.4) is 0 Å². The maximum Gasteiger partial charge on any atom is 0.348 e. The van der Waals surface area contributed by atoms with Gasteiger partial charge in [-0.2, -0.15) is 0 Å². The fraction of sp³-hybridized carbons (Fsp3) is 0.333. The molecule has 6 nitrogen and oxygen atoms in total. The Kier molecular flexibility index (Phi) is 3.94. The first kappa shape index (κ1) is 13.7. The van der Waals surface area contributed by atoms with Gasteiger partial charge in [-0.1, -0.05) is 13.3 Å². The fourth-order valence-electron chi connectivity index (χ4n) is 1.91. The summed E-state index contributed by atoms with van der Waals surface area (Å²) in [5.41, 5.74) is -0.577. The van der Waals surface area contributed by atoms with Crippen LogP contribution in [0.25, 0.3) is 11.0 Å². The highest BCUT2D eigenvalue weighted by Gasteiger charge is 2.24. The Morgan fingerprint density at radius 2 is 2.26 bits per heavy atom. The zero-order valence-corrected chi connectivity index (χ0v) is 11.9. The number of nitro groups is 1. The molecule has 0 unspecified atom stereocenters. The van der Waals surface area contributed by atoms with Crippen LogP contribution in [0.15, 0.2) is 27.6 Å². The number of hydrogen-bond acceptors (Lipinski definition) is 4. The van der Waals surface area contributed by atoms with Crippen molar-refractivity contribution in [2.75, 3.05) is 0 Å². The van der Waals surface area contributed by atoms with Crippen molar-refractivity contribution in [3.8, 4) is 0 Å². The maximum atomic E-state index is 12.2. The summed E-state index contributed by atoms with van der Waals surface area (Å²) in [6.07, 6.45) is 3.23. The highest BCUT2D eigenvalue weighted by molar-refractivity contribution is 9.10. The standard InChI is InChI=1S/C12H12BrN3O3/c1-2-3-7-15-11-8(5-4-6-14-11)9(13)10(12(15)17)16(18)19/h4-6H,2-3,7H2,1H3. The molecule has 0 radical (unpaired) electrons. The number of pyridine rings is 2. The van der Waals surface area contributed by atoms with Crippen LogP contribution in [0.5, 0.6) is 0 Å². The molecule has 0 saturated heterocycles. The smallest absolute Gasteiger partial charge is 0.287 e. The molecule has 2 rings (SSSR count). The third-order valence-electron chi connectivity index (χ3n) is 2.85. The SMILES string of the molecule is CCCCn1c(=O)c([N+](=O)[O-])c(Br)c2cccnc21. The lowest BCUT2D eigenvalue weighted by Gasteiger charge is -2.10. The first-order chi connectivity index (χ1) is 9.07. The summed E-state index contributed by atoms with van der Waals surface area (Å²) >= 11 is 3.14.